The maximum absolute atomic E-state index is 12.6. The number of H-pyrrole nitrogens is 1. The van der Waals surface area contributed by atoms with Gasteiger partial charge in [0.15, 0.2) is 0 Å². The van der Waals surface area contributed by atoms with Crippen molar-refractivity contribution in [3.63, 3.8) is 0 Å². The third-order valence-corrected chi connectivity index (χ3v) is 7.34. The summed E-state index contributed by atoms with van der Waals surface area (Å²) < 4.78 is 0. The molecule has 3 aliphatic rings. The van der Waals surface area contributed by atoms with Crippen LogP contribution < -0.4 is 5.32 Å². The average molecular weight is 397 g/mol. The van der Waals surface area contributed by atoms with Gasteiger partial charge in [-0.3, -0.25) is 4.90 Å². The van der Waals surface area contributed by atoms with E-state index in [9.17, 15) is 9.90 Å². The molecule has 1 aromatic carbocycles. The lowest BCUT2D eigenvalue weighted by Gasteiger charge is -2.51. The van der Waals surface area contributed by atoms with Gasteiger partial charge in [0.2, 0.25) is 0 Å². The number of nitrogens with zero attached hydrogens (tertiary/aromatic N) is 2. The van der Waals surface area contributed by atoms with Crippen molar-refractivity contribution in [3.8, 4) is 0 Å². The van der Waals surface area contributed by atoms with Crippen LogP contribution in [0.1, 0.15) is 55.8 Å². The normalized spacial score (nSPS) is 29.0. The number of aromatic amines is 1. The first-order chi connectivity index (χ1) is 14.0. The number of piperidine rings is 1. The van der Waals surface area contributed by atoms with Gasteiger partial charge in [0, 0.05) is 54.7 Å². The number of urea groups is 1. The molecule has 6 nitrogen and oxygen atoms in total. The van der Waals surface area contributed by atoms with Gasteiger partial charge in [-0.15, -0.1) is 0 Å². The van der Waals surface area contributed by atoms with Crippen LogP contribution in [0, 0.1) is 0 Å². The molecule has 2 amide bonds. The first kappa shape index (κ1) is 18.9. The fourth-order valence-corrected chi connectivity index (χ4v) is 5.73. The second-order valence-electron chi connectivity index (χ2n) is 9.13. The number of nitrogens with one attached hydrogen (secondary N) is 2. The highest BCUT2D eigenvalue weighted by atomic mass is 16.3. The molecule has 1 saturated heterocycles. The molecule has 2 aromatic rings. The van der Waals surface area contributed by atoms with Crippen LogP contribution in [0.25, 0.3) is 10.9 Å². The quantitative estimate of drug-likeness (QED) is 0.744. The van der Waals surface area contributed by atoms with Crippen LogP contribution in [0.15, 0.2) is 18.2 Å². The number of aromatic nitrogens is 1. The van der Waals surface area contributed by atoms with Gasteiger partial charge >= 0.3 is 6.03 Å². The maximum atomic E-state index is 12.6. The highest BCUT2D eigenvalue weighted by molar-refractivity contribution is 5.90. The molecule has 0 bridgehead atoms. The fraction of sp³-hybridized carbons (Fsp3) is 0.609. The molecule has 0 radical (unpaired) electrons. The molecule has 2 fully saturated rings. The summed E-state index contributed by atoms with van der Waals surface area (Å²) in [6.45, 7) is 6.12. The van der Waals surface area contributed by atoms with E-state index in [0.29, 0.717) is 25.4 Å². The van der Waals surface area contributed by atoms with Gasteiger partial charge in [0.05, 0.1) is 0 Å². The summed E-state index contributed by atoms with van der Waals surface area (Å²) in [5, 5.41) is 16.4. The molecule has 1 aliphatic heterocycles. The van der Waals surface area contributed by atoms with Gasteiger partial charge in [0.25, 0.3) is 0 Å². The number of hydrogen-bond acceptors (Lipinski definition) is 3. The van der Waals surface area contributed by atoms with E-state index in [4.69, 9.17) is 0 Å². The maximum Gasteiger partial charge on any atom is 0.317 e. The standard InChI is InChI=1S/C23H32N4O2/c1-4-27(5-2)22(28)24-15-12-23(29)17-7-6-8-18-20(17)16(11-19(23)26(3)13-15)21(25-18)14-9-10-14/h6-8,14-15,19,25,29H,4-5,9-13H2,1-3H3,(H,24,28)/t15?,19?,23-/m1/s1. The number of aliphatic hydroxyl groups is 1. The molecule has 2 heterocycles. The Labute approximate surface area is 172 Å². The number of hydrogen-bond donors (Lipinski definition) is 3. The third kappa shape index (κ3) is 2.88. The number of fused-ring (bicyclic) bond motifs is 2. The molecule has 6 heteroatoms. The van der Waals surface area contributed by atoms with Gasteiger partial charge in [-0.1, -0.05) is 12.1 Å². The summed E-state index contributed by atoms with van der Waals surface area (Å²) in [6.07, 6.45) is 3.95. The number of likely N-dealkylation sites (N-methyl/N-ethyl adjacent to an activating group) is 1. The Balaban J connectivity index is 1.51. The minimum Gasteiger partial charge on any atom is -0.383 e. The molecule has 156 valence electrons. The Kier molecular flexibility index (Phi) is 4.40. The van der Waals surface area contributed by atoms with Crippen LogP contribution in [0.4, 0.5) is 4.79 Å². The van der Waals surface area contributed by atoms with E-state index >= 15 is 0 Å². The van der Waals surface area contributed by atoms with Crippen molar-refractivity contribution >= 4 is 16.9 Å². The van der Waals surface area contributed by atoms with Crippen LogP contribution in [-0.2, 0) is 12.0 Å². The molecule has 0 spiro atoms. The van der Waals surface area contributed by atoms with E-state index in [1.807, 2.05) is 19.9 Å². The average Bonchev–Trinajstić information content (AvgIpc) is 3.46. The Hall–Kier alpha value is -2.05. The van der Waals surface area contributed by atoms with E-state index in [1.165, 1.54) is 29.5 Å². The largest absolute Gasteiger partial charge is 0.383 e. The zero-order chi connectivity index (χ0) is 20.3. The number of rotatable bonds is 4. The van der Waals surface area contributed by atoms with Crippen molar-refractivity contribution < 1.29 is 9.90 Å². The number of benzene rings is 1. The lowest BCUT2D eigenvalue weighted by molar-refractivity contribution is -0.0889. The summed E-state index contributed by atoms with van der Waals surface area (Å²) in [5.74, 6) is 0.659. The first-order valence-electron chi connectivity index (χ1n) is 11.1. The van der Waals surface area contributed by atoms with Gasteiger partial charge in [0.1, 0.15) is 5.60 Å². The van der Waals surface area contributed by atoms with Crippen molar-refractivity contribution in [1.29, 1.82) is 0 Å². The van der Waals surface area contributed by atoms with Crippen molar-refractivity contribution in [3.05, 3.63) is 35.0 Å². The summed E-state index contributed by atoms with van der Waals surface area (Å²) in [4.78, 5) is 20.3. The summed E-state index contributed by atoms with van der Waals surface area (Å²) in [6, 6.07) is 6.19. The van der Waals surface area contributed by atoms with Gasteiger partial charge in [-0.05, 0) is 63.3 Å². The minimum atomic E-state index is -0.955. The van der Waals surface area contributed by atoms with Crippen LogP contribution in [0.5, 0.6) is 0 Å². The second kappa shape index (κ2) is 6.74. The highest BCUT2D eigenvalue weighted by Gasteiger charge is 2.51. The van der Waals surface area contributed by atoms with Crippen LogP contribution in [0.3, 0.4) is 0 Å². The molecule has 29 heavy (non-hydrogen) atoms. The number of likely N-dealkylation sites (tertiary alicyclic amines) is 1. The first-order valence-corrected chi connectivity index (χ1v) is 11.1. The van der Waals surface area contributed by atoms with Crippen molar-refractivity contribution in [2.45, 2.75) is 63.1 Å². The molecule has 2 unspecified atom stereocenters. The second-order valence-corrected chi connectivity index (χ2v) is 9.13. The number of carbonyl (C=O) groups is 1. The third-order valence-electron chi connectivity index (χ3n) is 7.34. The minimum absolute atomic E-state index is 0.0375. The predicted molar refractivity (Wildman–Crippen MR) is 114 cm³/mol. The van der Waals surface area contributed by atoms with E-state index < -0.39 is 5.60 Å². The molecule has 3 atom stereocenters. The molecule has 3 N–H and O–H groups in total. The van der Waals surface area contributed by atoms with Crippen molar-refractivity contribution in [2.75, 3.05) is 26.7 Å². The zero-order valence-corrected chi connectivity index (χ0v) is 17.7. The lowest BCUT2D eigenvalue weighted by Crippen LogP contribution is -2.63. The van der Waals surface area contributed by atoms with E-state index in [0.717, 1.165) is 24.0 Å². The Morgan fingerprint density at radius 2 is 2.10 bits per heavy atom. The number of carbonyl (C=O) groups excluding carboxylic acids is 1. The molecule has 2 aliphatic carbocycles. The topological polar surface area (TPSA) is 71.6 Å². The molecule has 5 rings (SSSR count). The smallest absolute Gasteiger partial charge is 0.317 e. The number of amides is 2. The summed E-state index contributed by atoms with van der Waals surface area (Å²) >= 11 is 0. The van der Waals surface area contributed by atoms with Gasteiger partial charge < -0.3 is 20.3 Å². The molecule has 1 saturated carbocycles. The summed E-state index contributed by atoms with van der Waals surface area (Å²) in [5.41, 5.74) is 4.01. The van der Waals surface area contributed by atoms with Crippen molar-refractivity contribution in [2.24, 2.45) is 0 Å². The molecule has 1 aromatic heterocycles. The fourth-order valence-electron chi connectivity index (χ4n) is 5.73. The highest BCUT2D eigenvalue weighted by Crippen LogP contribution is 2.50. The Morgan fingerprint density at radius 3 is 2.79 bits per heavy atom. The summed E-state index contributed by atoms with van der Waals surface area (Å²) in [7, 11) is 2.08. The molecular formula is C23H32N4O2. The zero-order valence-electron chi connectivity index (χ0n) is 17.7. The van der Waals surface area contributed by atoms with Gasteiger partial charge in [-0.25, -0.2) is 4.79 Å². The Morgan fingerprint density at radius 1 is 1.34 bits per heavy atom. The van der Waals surface area contributed by atoms with Crippen molar-refractivity contribution in [1.82, 2.24) is 20.1 Å². The van der Waals surface area contributed by atoms with Crippen LogP contribution >= 0.6 is 0 Å². The molecular weight excluding hydrogens is 364 g/mol. The predicted octanol–water partition coefficient (Wildman–Crippen LogP) is 2.91. The van der Waals surface area contributed by atoms with E-state index in [-0.39, 0.29) is 18.1 Å². The SMILES string of the molecule is CCN(CC)C(=O)NC1CN(C)C2Cc3c(C4CC4)[nH]c4cccc(c34)[C@]2(O)C1. The Bertz CT molecular complexity index is 946. The van der Waals surface area contributed by atoms with Crippen LogP contribution in [0.2, 0.25) is 0 Å². The van der Waals surface area contributed by atoms with Gasteiger partial charge in [-0.2, -0.15) is 0 Å². The van der Waals surface area contributed by atoms with E-state index in [2.05, 4.69) is 34.4 Å². The monoisotopic (exact) mass is 396 g/mol. The van der Waals surface area contributed by atoms with Crippen LogP contribution in [-0.4, -0.2) is 64.7 Å². The van der Waals surface area contributed by atoms with E-state index in [1.54, 1.807) is 4.90 Å². The lowest BCUT2D eigenvalue weighted by atomic mass is 9.70.